The van der Waals surface area contributed by atoms with Crippen molar-refractivity contribution in [1.29, 1.82) is 0 Å². The van der Waals surface area contributed by atoms with Crippen molar-refractivity contribution in [2.24, 2.45) is 0 Å². The highest BCUT2D eigenvalue weighted by Crippen LogP contribution is 2.24. The van der Waals surface area contributed by atoms with Gasteiger partial charge in [0, 0.05) is 6.07 Å². The van der Waals surface area contributed by atoms with E-state index in [0.717, 1.165) is 0 Å². The molecule has 0 bridgehead atoms. The van der Waals surface area contributed by atoms with Crippen molar-refractivity contribution >= 4 is 11.6 Å². The molecule has 0 aliphatic rings. The summed E-state index contributed by atoms with van der Waals surface area (Å²) in [5.41, 5.74) is 0. The van der Waals surface area contributed by atoms with Crippen LogP contribution in [0.15, 0.2) is 12.1 Å². The molecule has 0 atom stereocenters. The number of rotatable bonds is 0. The Morgan fingerprint density at radius 3 is 2.20 bits per heavy atom. The van der Waals surface area contributed by atoms with Crippen molar-refractivity contribution in [3.8, 4) is 5.75 Å². The van der Waals surface area contributed by atoms with E-state index in [1.54, 1.807) is 0 Å². The lowest BCUT2D eigenvalue weighted by atomic mass is 10.3. The summed E-state index contributed by atoms with van der Waals surface area (Å²) in [6.07, 6.45) is 0. The molecule has 0 aromatic heterocycles. The lowest BCUT2D eigenvalue weighted by Gasteiger charge is -1.95. The third-order valence-corrected chi connectivity index (χ3v) is 1.29. The summed E-state index contributed by atoms with van der Waals surface area (Å²) < 4.78 is 24.4. The predicted molar refractivity (Wildman–Crippen MR) is 33.0 cm³/mol. The Hall–Kier alpha value is -0.830. The number of aromatic hydroxyl groups is 1. The highest BCUT2D eigenvalue weighted by Gasteiger charge is 2.05. The summed E-state index contributed by atoms with van der Waals surface area (Å²) in [4.78, 5) is 0. The van der Waals surface area contributed by atoms with Gasteiger partial charge in [0.2, 0.25) is 0 Å². The van der Waals surface area contributed by atoms with Gasteiger partial charge in [0.15, 0.2) is 11.6 Å². The Morgan fingerprint density at radius 1 is 1.20 bits per heavy atom. The molecule has 0 fully saturated rings. The first-order chi connectivity index (χ1) is 4.61. The third-order valence-electron chi connectivity index (χ3n) is 0.990. The molecule has 0 spiro atoms. The molecule has 0 saturated heterocycles. The van der Waals surface area contributed by atoms with Gasteiger partial charge in [-0.2, -0.15) is 0 Å². The number of hydrogen-bond donors (Lipinski definition) is 1. The van der Waals surface area contributed by atoms with E-state index in [0.29, 0.717) is 12.1 Å². The van der Waals surface area contributed by atoms with Crippen LogP contribution in [0.3, 0.4) is 0 Å². The van der Waals surface area contributed by atoms with Gasteiger partial charge in [-0.1, -0.05) is 11.6 Å². The van der Waals surface area contributed by atoms with Crippen molar-refractivity contribution in [3.05, 3.63) is 28.8 Å². The molecule has 54 valence electrons. The van der Waals surface area contributed by atoms with Gasteiger partial charge in [-0.05, 0) is 6.07 Å². The number of benzene rings is 1. The van der Waals surface area contributed by atoms with E-state index < -0.39 is 17.4 Å². The molecule has 0 heterocycles. The summed E-state index contributed by atoms with van der Waals surface area (Å²) in [6.45, 7) is 0. The fourth-order valence-electron chi connectivity index (χ4n) is 0.512. The van der Waals surface area contributed by atoms with Crippen molar-refractivity contribution in [1.82, 2.24) is 0 Å². The lowest BCUT2D eigenvalue weighted by Crippen LogP contribution is -1.82. The topological polar surface area (TPSA) is 20.2 Å². The number of phenols is 1. The van der Waals surface area contributed by atoms with Gasteiger partial charge in [0.05, 0.1) is 5.02 Å². The van der Waals surface area contributed by atoms with Crippen LogP contribution in [-0.2, 0) is 0 Å². The molecular formula is C6H3ClF2O. The Bertz CT molecular complexity index is 212. The largest absolute Gasteiger partial charge is 0.506 e. The molecule has 0 unspecified atom stereocenters. The Labute approximate surface area is 60.9 Å². The second kappa shape index (κ2) is 2.42. The van der Waals surface area contributed by atoms with Gasteiger partial charge < -0.3 is 5.11 Å². The molecule has 0 radical (unpaired) electrons. The maximum Gasteiger partial charge on any atom is 0.162 e. The zero-order valence-corrected chi connectivity index (χ0v) is 5.49. The normalized spacial score (nSPS) is 9.90. The number of phenolic OH excluding ortho intramolecular Hbond substituents is 1. The zero-order chi connectivity index (χ0) is 7.72. The van der Waals surface area contributed by atoms with Gasteiger partial charge in [0.1, 0.15) is 5.75 Å². The first-order valence-electron chi connectivity index (χ1n) is 2.45. The average Bonchev–Trinajstić information content (AvgIpc) is 1.84. The van der Waals surface area contributed by atoms with Crippen LogP contribution >= 0.6 is 11.6 Å². The molecular weight excluding hydrogens is 162 g/mol. The van der Waals surface area contributed by atoms with E-state index in [4.69, 9.17) is 16.7 Å². The molecule has 1 aromatic rings. The summed E-state index contributed by atoms with van der Waals surface area (Å²) >= 11 is 5.23. The second-order valence-corrected chi connectivity index (χ2v) is 2.12. The van der Waals surface area contributed by atoms with Crippen LogP contribution in [0, 0.1) is 11.6 Å². The van der Waals surface area contributed by atoms with Crippen LogP contribution in [-0.4, -0.2) is 5.11 Å². The van der Waals surface area contributed by atoms with Gasteiger partial charge in [-0.15, -0.1) is 0 Å². The molecule has 0 amide bonds. The van der Waals surface area contributed by atoms with Crippen LogP contribution in [0.25, 0.3) is 0 Å². The van der Waals surface area contributed by atoms with E-state index in [1.165, 1.54) is 0 Å². The van der Waals surface area contributed by atoms with Crippen LogP contribution in [0.1, 0.15) is 0 Å². The maximum atomic E-state index is 12.2. The number of hydrogen-bond acceptors (Lipinski definition) is 1. The quantitative estimate of drug-likeness (QED) is 0.584. The fraction of sp³-hybridized carbons (Fsp3) is 0. The van der Waals surface area contributed by atoms with Crippen molar-refractivity contribution in [2.45, 2.75) is 0 Å². The van der Waals surface area contributed by atoms with E-state index >= 15 is 0 Å². The van der Waals surface area contributed by atoms with Crippen molar-refractivity contribution in [2.75, 3.05) is 0 Å². The van der Waals surface area contributed by atoms with Crippen LogP contribution in [0.2, 0.25) is 5.02 Å². The highest BCUT2D eigenvalue weighted by atomic mass is 35.5. The summed E-state index contributed by atoms with van der Waals surface area (Å²) in [7, 11) is 0. The van der Waals surface area contributed by atoms with Gasteiger partial charge in [0.25, 0.3) is 0 Å². The molecule has 1 rings (SSSR count). The maximum absolute atomic E-state index is 12.2. The molecule has 0 aliphatic heterocycles. The minimum absolute atomic E-state index is 0.195. The SMILES string of the molecule is Oc1cc(F)c(F)cc1Cl. The minimum atomic E-state index is -1.11. The van der Waals surface area contributed by atoms with E-state index in [9.17, 15) is 8.78 Å². The highest BCUT2D eigenvalue weighted by molar-refractivity contribution is 6.31. The van der Waals surface area contributed by atoms with Gasteiger partial charge >= 0.3 is 0 Å². The molecule has 1 nitrogen and oxygen atoms in total. The Morgan fingerprint density at radius 2 is 1.70 bits per heavy atom. The predicted octanol–water partition coefficient (Wildman–Crippen LogP) is 2.32. The summed E-state index contributed by atoms with van der Waals surface area (Å²) in [6, 6.07) is 1.34. The Kier molecular flexibility index (Phi) is 1.76. The van der Waals surface area contributed by atoms with E-state index in [1.807, 2.05) is 0 Å². The Balaban J connectivity index is 3.28. The monoisotopic (exact) mass is 164 g/mol. The molecule has 1 aromatic carbocycles. The third kappa shape index (κ3) is 1.19. The van der Waals surface area contributed by atoms with Gasteiger partial charge in [-0.3, -0.25) is 0 Å². The summed E-state index contributed by atoms with van der Waals surface area (Å²) in [5, 5.41) is 8.49. The average molecular weight is 165 g/mol. The second-order valence-electron chi connectivity index (χ2n) is 1.72. The number of halogens is 3. The zero-order valence-electron chi connectivity index (χ0n) is 4.74. The van der Waals surface area contributed by atoms with Crippen LogP contribution in [0.4, 0.5) is 8.78 Å². The van der Waals surface area contributed by atoms with Crippen molar-refractivity contribution < 1.29 is 13.9 Å². The molecule has 4 heteroatoms. The fourth-order valence-corrected chi connectivity index (χ4v) is 0.662. The smallest absolute Gasteiger partial charge is 0.162 e. The van der Waals surface area contributed by atoms with Crippen molar-refractivity contribution in [3.63, 3.8) is 0 Å². The minimum Gasteiger partial charge on any atom is -0.506 e. The van der Waals surface area contributed by atoms with E-state index in [-0.39, 0.29) is 5.02 Å². The first-order valence-corrected chi connectivity index (χ1v) is 2.82. The van der Waals surface area contributed by atoms with E-state index in [2.05, 4.69) is 0 Å². The van der Waals surface area contributed by atoms with Crippen LogP contribution in [0.5, 0.6) is 5.75 Å². The first kappa shape index (κ1) is 7.28. The van der Waals surface area contributed by atoms with Gasteiger partial charge in [-0.25, -0.2) is 8.78 Å². The molecule has 10 heavy (non-hydrogen) atoms. The molecule has 1 N–H and O–H groups in total. The summed E-state index contributed by atoms with van der Waals surface area (Å²) in [5.74, 6) is -2.63. The molecule has 0 saturated carbocycles. The lowest BCUT2D eigenvalue weighted by molar-refractivity contribution is 0.455. The molecule has 0 aliphatic carbocycles. The standard InChI is InChI=1S/C6H3ClF2O/c7-3-1-4(8)5(9)2-6(3)10/h1-2,10H. The van der Waals surface area contributed by atoms with Crippen LogP contribution < -0.4 is 0 Å².